The molecule has 1 aliphatic rings. The SMILES string of the molecule is CCCOc1cccc2c1nc(CCCl)n2C(C)C1CC1. The second-order valence-corrected chi connectivity index (χ2v) is 6.27. The molecule has 3 rings (SSSR count). The summed E-state index contributed by atoms with van der Waals surface area (Å²) < 4.78 is 8.25. The lowest BCUT2D eigenvalue weighted by atomic mass is 10.2. The van der Waals surface area contributed by atoms with Gasteiger partial charge in [0.2, 0.25) is 0 Å². The van der Waals surface area contributed by atoms with Gasteiger partial charge in [-0.25, -0.2) is 4.98 Å². The van der Waals surface area contributed by atoms with Crippen LogP contribution < -0.4 is 4.74 Å². The highest BCUT2D eigenvalue weighted by Crippen LogP contribution is 2.42. The van der Waals surface area contributed by atoms with Crippen LogP contribution in [0.15, 0.2) is 18.2 Å². The lowest BCUT2D eigenvalue weighted by molar-refractivity contribution is 0.320. The summed E-state index contributed by atoms with van der Waals surface area (Å²) in [5, 5.41) is 0. The smallest absolute Gasteiger partial charge is 0.147 e. The minimum absolute atomic E-state index is 0.495. The van der Waals surface area contributed by atoms with Crippen molar-refractivity contribution in [1.82, 2.24) is 9.55 Å². The van der Waals surface area contributed by atoms with E-state index in [2.05, 4.69) is 30.5 Å². The van der Waals surface area contributed by atoms with Crippen molar-refractivity contribution in [3.05, 3.63) is 24.0 Å². The Morgan fingerprint density at radius 1 is 1.43 bits per heavy atom. The number of hydrogen-bond donors (Lipinski definition) is 0. The van der Waals surface area contributed by atoms with E-state index in [0.29, 0.717) is 11.9 Å². The first-order chi connectivity index (χ1) is 10.3. The van der Waals surface area contributed by atoms with Crippen LogP contribution in [0.4, 0.5) is 0 Å². The number of imidazole rings is 1. The van der Waals surface area contributed by atoms with Crippen LogP contribution in [0.25, 0.3) is 11.0 Å². The third kappa shape index (κ3) is 2.89. The zero-order valence-corrected chi connectivity index (χ0v) is 13.6. The first-order valence-electron chi connectivity index (χ1n) is 7.94. The minimum Gasteiger partial charge on any atom is -0.491 e. The topological polar surface area (TPSA) is 27.1 Å². The maximum atomic E-state index is 5.97. The molecule has 1 fully saturated rings. The molecule has 0 saturated heterocycles. The normalized spacial score (nSPS) is 16.3. The van der Waals surface area contributed by atoms with Gasteiger partial charge in [-0.05, 0) is 44.2 Å². The molecule has 0 amide bonds. The first kappa shape index (κ1) is 14.7. The predicted octanol–water partition coefficient (Wildman–Crippen LogP) is 4.58. The highest BCUT2D eigenvalue weighted by atomic mass is 35.5. The minimum atomic E-state index is 0.495. The molecule has 1 aromatic heterocycles. The Kier molecular flexibility index (Phi) is 4.39. The second kappa shape index (κ2) is 6.27. The third-order valence-corrected chi connectivity index (χ3v) is 4.44. The maximum absolute atomic E-state index is 5.97. The standard InChI is InChI=1S/C17H23ClN2O/c1-3-11-21-15-6-4-5-14-17(15)19-16(9-10-18)20(14)12(2)13-7-8-13/h4-6,12-13H,3,7-11H2,1-2H3. The van der Waals surface area contributed by atoms with Gasteiger partial charge < -0.3 is 9.30 Å². The van der Waals surface area contributed by atoms with E-state index in [-0.39, 0.29) is 0 Å². The van der Waals surface area contributed by atoms with Crippen molar-refractivity contribution in [3.63, 3.8) is 0 Å². The van der Waals surface area contributed by atoms with Crippen molar-refractivity contribution in [2.75, 3.05) is 12.5 Å². The summed E-state index contributed by atoms with van der Waals surface area (Å²) in [7, 11) is 0. The van der Waals surface area contributed by atoms with Gasteiger partial charge in [0.05, 0.1) is 12.1 Å². The molecule has 2 aromatic rings. The summed E-state index contributed by atoms with van der Waals surface area (Å²) in [4.78, 5) is 4.84. The number of aryl methyl sites for hydroxylation is 1. The highest BCUT2D eigenvalue weighted by Gasteiger charge is 2.31. The average molecular weight is 307 g/mol. The number of benzene rings is 1. The summed E-state index contributed by atoms with van der Waals surface area (Å²) in [5.41, 5.74) is 2.17. The van der Waals surface area contributed by atoms with Crippen molar-refractivity contribution in [2.45, 2.75) is 45.6 Å². The molecule has 0 N–H and O–H groups in total. The quantitative estimate of drug-likeness (QED) is 0.700. The molecule has 1 aliphatic carbocycles. The molecule has 1 atom stereocenters. The number of hydrogen-bond acceptors (Lipinski definition) is 2. The molecule has 4 heteroatoms. The Balaban J connectivity index is 2.07. The summed E-state index contributed by atoms with van der Waals surface area (Å²) in [5.74, 6) is 3.38. The lowest BCUT2D eigenvalue weighted by Crippen LogP contribution is -2.11. The Bertz CT molecular complexity index is 619. The average Bonchev–Trinajstić information content (AvgIpc) is 3.26. The predicted molar refractivity (Wildman–Crippen MR) is 87.4 cm³/mol. The van der Waals surface area contributed by atoms with E-state index in [0.717, 1.165) is 42.5 Å². The molecule has 114 valence electrons. The molecule has 21 heavy (non-hydrogen) atoms. The van der Waals surface area contributed by atoms with Gasteiger partial charge in [0.1, 0.15) is 17.1 Å². The number of alkyl halides is 1. The largest absolute Gasteiger partial charge is 0.491 e. The number of rotatable bonds is 7. The van der Waals surface area contributed by atoms with Crippen LogP contribution >= 0.6 is 11.6 Å². The van der Waals surface area contributed by atoms with Crippen LogP contribution in [0.5, 0.6) is 5.75 Å². The van der Waals surface area contributed by atoms with Crippen LogP contribution in [0.2, 0.25) is 0 Å². The number of halogens is 1. The van der Waals surface area contributed by atoms with E-state index >= 15 is 0 Å². The number of ether oxygens (including phenoxy) is 1. The molecule has 0 aliphatic heterocycles. The molecule has 1 saturated carbocycles. The van der Waals surface area contributed by atoms with Crippen molar-refractivity contribution >= 4 is 22.6 Å². The van der Waals surface area contributed by atoms with E-state index in [1.165, 1.54) is 18.4 Å². The first-order valence-corrected chi connectivity index (χ1v) is 8.48. The van der Waals surface area contributed by atoms with Gasteiger partial charge in [-0.2, -0.15) is 0 Å². The van der Waals surface area contributed by atoms with Gasteiger partial charge >= 0.3 is 0 Å². The zero-order chi connectivity index (χ0) is 14.8. The Hall–Kier alpha value is -1.22. The van der Waals surface area contributed by atoms with Crippen LogP contribution in [-0.4, -0.2) is 22.0 Å². The molecular formula is C17H23ClN2O. The van der Waals surface area contributed by atoms with Crippen molar-refractivity contribution < 1.29 is 4.74 Å². The second-order valence-electron chi connectivity index (χ2n) is 5.89. The molecule has 1 heterocycles. The number of nitrogens with zero attached hydrogens (tertiary/aromatic N) is 2. The summed E-state index contributed by atoms with van der Waals surface area (Å²) >= 11 is 5.97. The Morgan fingerprint density at radius 3 is 2.90 bits per heavy atom. The van der Waals surface area contributed by atoms with Crippen molar-refractivity contribution in [1.29, 1.82) is 0 Å². The molecule has 3 nitrogen and oxygen atoms in total. The molecule has 1 aromatic carbocycles. The van der Waals surface area contributed by atoms with E-state index < -0.39 is 0 Å². The van der Waals surface area contributed by atoms with Gasteiger partial charge in [-0.3, -0.25) is 0 Å². The molecule has 0 radical (unpaired) electrons. The van der Waals surface area contributed by atoms with Crippen LogP contribution in [0.3, 0.4) is 0 Å². The highest BCUT2D eigenvalue weighted by molar-refractivity contribution is 6.17. The summed E-state index contributed by atoms with van der Waals surface area (Å²) in [6.45, 7) is 5.15. The van der Waals surface area contributed by atoms with Crippen LogP contribution in [0.1, 0.15) is 45.0 Å². The molecule has 1 unspecified atom stereocenters. The zero-order valence-electron chi connectivity index (χ0n) is 12.8. The number of para-hydroxylation sites is 1. The third-order valence-electron chi connectivity index (χ3n) is 4.25. The fraction of sp³-hybridized carbons (Fsp3) is 0.588. The van der Waals surface area contributed by atoms with Crippen molar-refractivity contribution in [3.8, 4) is 5.75 Å². The van der Waals surface area contributed by atoms with Gasteiger partial charge in [0.15, 0.2) is 0 Å². The Labute approximate surface area is 131 Å². The fourth-order valence-electron chi connectivity index (χ4n) is 2.97. The van der Waals surface area contributed by atoms with Crippen LogP contribution in [0, 0.1) is 5.92 Å². The summed E-state index contributed by atoms with van der Waals surface area (Å²) in [6, 6.07) is 6.73. The van der Waals surface area contributed by atoms with E-state index in [9.17, 15) is 0 Å². The van der Waals surface area contributed by atoms with Crippen molar-refractivity contribution in [2.24, 2.45) is 5.92 Å². The monoisotopic (exact) mass is 306 g/mol. The molecule has 0 spiro atoms. The van der Waals surface area contributed by atoms with E-state index in [1.807, 2.05) is 6.07 Å². The molecule has 0 bridgehead atoms. The van der Waals surface area contributed by atoms with Gasteiger partial charge in [0, 0.05) is 18.3 Å². The lowest BCUT2D eigenvalue weighted by Gasteiger charge is -2.17. The van der Waals surface area contributed by atoms with Gasteiger partial charge in [0.25, 0.3) is 0 Å². The van der Waals surface area contributed by atoms with Gasteiger partial charge in [-0.1, -0.05) is 13.0 Å². The molecular weight excluding hydrogens is 284 g/mol. The van der Waals surface area contributed by atoms with Crippen LogP contribution in [-0.2, 0) is 6.42 Å². The van der Waals surface area contributed by atoms with E-state index in [4.69, 9.17) is 21.3 Å². The Morgan fingerprint density at radius 2 is 2.24 bits per heavy atom. The van der Waals surface area contributed by atoms with E-state index in [1.54, 1.807) is 0 Å². The fourth-order valence-corrected chi connectivity index (χ4v) is 3.14. The number of fused-ring (bicyclic) bond motifs is 1. The maximum Gasteiger partial charge on any atom is 0.147 e. The number of aromatic nitrogens is 2. The summed E-state index contributed by atoms with van der Waals surface area (Å²) in [6.07, 6.45) is 4.46. The van der Waals surface area contributed by atoms with Gasteiger partial charge in [-0.15, -0.1) is 11.6 Å².